The summed E-state index contributed by atoms with van der Waals surface area (Å²) >= 11 is 0. The molecule has 2 amide bonds. The Labute approximate surface area is 214 Å². The van der Waals surface area contributed by atoms with Gasteiger partial charge in [-0.1, -0.05) is 69.3 Å². The molecular formula is C30H37N3O3. The summed E-state index contributed by atoms with van der Waals surface area (Å²) in [6, 6.07) is 19.6. The Morgan fingerprint density at radius 1 is 1.00 bits per heavy atom. The van der Waals surface area contributed by atoms with Crippen LogP contribution in [0.4, 0.5) is 0 Å². The number of hydrogen-bond acceptors (Lipinski definition) is 4. The van der Waals surface area contributed by atoms with Gasteiger partial charge in [0.25, 0.3) is 0 Å². The van der Waals surface area contributed by atoms with Crippen molar-refractivity contribution in [1.82, 2.24) is 15.1 Å². The highest BCUT2D eigenvalue weighted by atomic mass is 16.3. The lowest BCUT2D eigenvalue weighted by atomic mass is 10.00. The molecule has 1 aromatic heterocycles. The van der Waals surface area contributed by atoms with E-state index in [4.69, 9.17) is 4.42 Å². The minimum Gasteiger partial charge on any atom is -0.464 e. The monoisotopic (exact) mass is 487 g/mol. The summed E-state index contributed by atoms with van der Waals surface area (Å²) in [6.07, 6.45) is 2.63. The van der Waals surface area contributed by atoms with Crippen molar-refractivity contribution in [3.05, 3.63) is 83.6 Å². The van der Waals surface area contributed by atoms with Crippen LogP contribution in [0, 0.1) is 5.92 Å². The number of nitrogens with zero attached hydrogens (tertiary/aromatic N) is 2. The van der Waals surface area contributed by atoms with Gasteiger partial charge in [-0.05, 0) is 42.2 Å². The molecule has 2 aromatic carbocycles. The molecule has 2 heterocycles. The molecule has 0 bridgehead atoms. The van der Waals surface area contributed by atoms with E-state index in [9.17, 15) is 9.59 Å². The largest absolute Gasteiger partial charge is 0.464 e. The van der Waals surface area contributed by atoms with Crippen molar-refractivity contribution in [2.45, 2.75) is 59.3 Å². The van der Waals surface area contributed by atoms with E-state index in [0.717, 1.165) is 36.4 Å². The molecule has 3 aromatic rings. The highest BCUT2D eigenvalue weighted by Crippen LogP contribution is 2.23. The average molecular weight is 488 g/mol. The quantitative estimate of drug-likeness (QED) is 0.492. The zero-order valence-electron chi connectivity index (χ0n) is 21.7. The maximum atomic E-state index is 13.5. The van der Waals surface area contributed by atoms with E-state index in [-0.39, 0.29) is 23.8 Å². The topological polar surface area (TPSA) is 65.8 Å². The molecule has 0 radical (unpaired) electrons. The normalized spacial score (nSPS) is 18.4. The highest BCUT2D eigenvalue weighted by molar-refractivity contribution is 5.89. The van der Waals surface area contributed by atoms with E-state index in [1.807, 2.05) is 62.1 Å². The van der Waals surface area contributed by atoms with Crippen LogP contribution in [0.1, 0.15) is 44.4 Å². The summed E-state index contributed by atoms with van der Waals surface area (Å²) in [4.78, 5) is 30.7. The fourth-order valence-electron chi connectivity index (χ4n) is 5.02. The van der Waals surface area contributed by atoms with Crippen LogP contribution < -0.4 is 5.32 Å². The predicted octanol–water partition coefficient (Wildman–Crippen LogP) is 4.88. The summed E-state index contributed by atoms with van der Waals surface area (Å²) in [5.41, 5.74) is 4.60. The molecule has 6 heteroatoms. The van der Waals surface area contributed by atoms with E-state index in [0.29, 0.717) is 13.1 Å². The van der Waals surface area contributed by atoms with Crippen LogP contribution >= 0.6 is 0 Å². The molecule has 0 saturated carbocycles. The van der Waals surface area contributed by atoms with Gasteiger partial charge in [0.05, 0.1) is 6.26 Å². The van der Waals surface area contributed by atoms with Gasteiger partial charge in [0.15, 0.2) is 0 Å². The molecule has 36 heavy (non-hydrogen) atoms. The first kappa shape index (κ1) is 25.7. The number of nitrogens with one attached hydrogen (secondary N) is 1. The Kier molecular flexibility index (Phi) is 8.26. The fourth-order valence-corrected chi connectivity index (χ4v) is 5.02. The Balaban J connectivity index is 1.47. The number of carbonyl (C=O) groups is 2. The predicted molar refractivity (Wildman–Crippen MR) is 142 cm³/mol. The molecule has 0 spiro atoms. The zero-order valence-corrected chi connectivity index (χ0v) is 21.7. The Hall–Kier alpha value is -3.38. The lowest BCUT2D eigenvalue weighted by molar-refractivity contribution is -0.150. The fraction of sp³-hybridized carbons (Fsp3) is 0.400. The van der Waals surface area contributed by atoms with Gasteiger partial charge < -0.3 is 14.6 Å². The van der Waals surface area contributed by atoms with Crippen molar-refractivity contribution in [2.75, 3.05) is 13.1 Å². The molecule has 2 unspecified atom stereocenters. The second-order valence-electron chi connectivity index (χ2n) is 9.97. The van der Waals surface area contributed by atoms with Gasteiger partial charge in [-0.2, -0.15) is 0 Å². The van der Waals surface area contributed by atoms with Crippen LogP contribution in [0.15, 0.2) is 71.3 Å². The molecule has 4 rings (SSSR count). The van der Waals surface area contributed by atoms with Gasteiger partial charge in [-0.15, -0.1) is 0 Å². The van der Waals surface area contributed by atoms with E-state index < -0.39 is 6.04 Å². The lowest BCUT2D eigenvalue weighted by Gasteiger charge is -2.45. The van der Waals surface area contributed by atoms with Gasteiger partial charge in [-0.3, -0.25) is 14.5 Å². The number of rotatable bonds is 8. The molecule has 0 aliphatic carbocycles. The van der Waals surface area contributed by atoms with Gasteiger partial charge >= 0.3 is 0 Å². The lowest BCUT2D eigenvalue weighted by Crippen LogP contribution is -2.64. The third-order valence-corrected chi connectivity index (χ3v) is 6.93. The van der Waals surface area contributed by atoms with Crippen LogP contribution in [0.3, 0.4) is 0 Å². The molecule has 1 N–H and O–H groups in total. The molecule has 6 nitrogen and oxygen atoms in total. The number of carbonyl (C=O) groups excluding carboxylic acids is 2. The number of furan rings is 1. The summed E-state index contributed by atoms with van der Waals surface area (Å²) < 4.78 is 5.46. The number of aryl methyl sites for hydroxylation is 1. The number of hydrogen-bond donors (Lipinski definition) is 1. The maximum Gasteiger partial charge on any atom is 0.244 e. The van der Waals surface area contributed by atoms with Crippen molar-refractivity contribution in [3.8, 4) is 11.3 Å². The first-order valence-corrected chi connectivity index (χ1v) is 12.9. The van der Waals surface area contributed by atoms with E-state index in [2.05, 4.69) is 41.4 Å². The number of benzene rings is 2. The summed E-state index contributed by atoms with van der Waals surface area (Å²) in [7, 11) is 0. The standard InChI is InChI=1S/C30H37N3O3/c1-5-24-9-6-7-10-26(24)19-32-18-22(4)33(30(35)21(2)3)27(20-32)29(34)31-17-23-12-14-25(15-13-23)28-11-8-16-36-28/h6-16,21-22,27H,5,17-20H2,1-4H3,(H,31,34). The maximum absolute atomic E-state index is 13.5. The van der Waals surface area contributed by atoms with E-state index >= 15 is 0 Å². The Morgan fingerprint density at radius 3 is 2.36 bits per heavy atom. The highest BCUT2D eigenvalue weighted by Gasteiger charge is 2.40. The Morgan fingerprint density at radius 2 is 1.72 bits per heavy atom. The van der Waals surface area contributed by atoms with Crippen LogP contribution in [0.25, 0.3) is 11.3 Å². The summed E-state index contributed by atoms with van der Waals surface area (Å²) in [5, 5.41) is 3.09. The second-order valence-corrected chi connectivity index (χ2v) is 9.97. The van der Waals surface area contributed by atoms with Crippen molar-refractivity contribution >= 4 is 11.8 Å². The Bertz CT molecular complexity index is 1150. The number of amides is 2. The van der Waals surface area contributed by atoms with E-state index in [1.54, 1.807) is 6.26 Å². The molecule has 1 aliphatic heterocycles. The summed E-state index contributed by atoms with van der Waals surface area (Å²) in [5.74, 6) is 0.567. The van der Waals surface area contributed by atoms with Crippen molar-refractivity contribution in [3.63, 3.8) is 0 Å². The minimum absolute atomic E-state index is 0.0269. The number of piperazine rings is 1. The molecule has 2 atom stereocenters. The minimum atomic E-state index is -0.528. The van der Waals surface area contributed by atoms with Crippen molar-refractivity contribution in [1.29, 1.82) is 0 Å². The van der Waals surface area contributed by atoms with Crippen molar-refractivity contribution in [2.24, 2.45) is 5.92 Å². The van der Waals surface area contributed by atoms with Crippen LogP contribution in [0.2, 0.25) is 0 Å². The first-order valence-electron chi connectivity index (χ1n) is 12.9. The van der Waals surface area contributed by atoms with Gasteiger partial charge in [-0.25, -0.2) is 0 Å². The summed E-state index contributed by atoms with van der Waals surface area (Å²) in [6.45, 7) is 10.5. The van der Waals surface area contributed by atoms with Gasteiger partial charge in [0.2, 0.25) is 11.8 Å². The van der Waals surface area contributed by atoms with Crippen LogP contribution in [-0.4, -0.2) is 46.8 Å². The first-order chi connectivity index (χ1) is 17.4. The molecule has 1 aliphatic rings. The molecule has 190 valence electrons. The zero-order chi connectivity index (χ0) is 25.7. The average Bonchev–Trinajstić information content (AvgIpc) is 3.42. The molecular weight excluding hydrogens is 450 g/mol. The third-order valence-electron chi connectivity index (χ3n) is 6.93. The van der Waals surface area contributed by atoms with E-state index in [1.165, 1.54) is 11.1 Å². The van der Waals surface area contributed by atoms with Crippen LogP contribution in [0.5, 0.6) is 0 Å². The van der Waals surface area contributed by atoms with Gasteiger partial charge in [0.1, 0.15) is 11.8 Å². The van der Waals surface area contributed by atoms with Crippen LogP contribution in [-0.2, 0) is 29.1 Å². The third kappa shape index (κ3) is 5.88. The van der Waals surface area contributed by atoms with Crippen molar-refractivity contribution < 1.29 is 14.0 Å². The molecule has 1 saturated heterocycles. The second kappa shape index (κ2) is 11.6. The smallest absolute Gasteiger partial charge is 0.244 e. The molecule has 1 fully saturated rings. The SMILES string of the molecule is CCc1ccccc1CN1CC(C)N(C(=O)C(C)C)C(C(=O)NCc2ccc(-c3ccco3)cc2)C1. The van der Waals surface area contributed by atoms with Gasteiger partial charge in [0, 0.05) is 43.7 Å².